The first-order valence-electron chi connectivity index (χ1n) is 5.60. The fraction of sp³-hybridized carbons (Fsp3) is 0.667. The van der Waals surface area contributed by atoms with Crippen LogP contribution in [0.2, 0.25) is 0 Å². The highest BCUT2D eigenvalue weighted by molar-refractivity contribution is 8.01. The smallest absolute Gasteiger partial charge is 0.0598 e. The maximum atomic E-state index is 2.27. The van der Waals surface area contributed by atoms with Gasteiger partial charge in [0.05, 0.1) is 4.21 Å². The molecule has 1 aromatic heterocycles. The van der Waals surface area contributed by atoms with Crippen LogP contribution < -0.4 is 0 Å². The van der Waals surface area contributed by atoms with Gasteiger partial charge in [0, 0.05) is 0 Å². The van der Waals surface area contributed by atoms with E-state index >= 15 is 0 Å². The molecule has 0 bridgehead atoms. The molecular weight excluding hydrogens is 208 g/mol. The van der Waals surface area contributed by atoms with Crippen molar-refractivity contribution in [1.82, 2.24) is 0 Å². The van der Waals surface area contributed by atoms with Gasteiger partial charge < -0.3 is 0 Å². The number of thioether (sulfide) groups is 1. The molecule has 1 rings (SSSR count). The lowest BCUT2D eigenvalue weighted by molar-refractivity contribution is 0.627. The molecule has 0 aliphatic rings. The second-order valence-electron chi connectivity index (χ2n) is 3.55. The zero-order valence-corrected chi connectivity index (χ0v) is 10.6. The van der Waals surface area contributed by atoms with Crippen molar-refractivity contribution < 1.29 is 0 Å². The van der Waals surface area contributed by atoms with Crippen LogP contribution in [-0.4, -0.2) is 5.75 Å². The van der Waals surface area contributed by atoms with Crippen LogP contribution >= 0.6 is 23.1 Å². The number of hydrogen-bond donors (Lipinski definition) is 0. The van der Waals surface area contributed by atoms with E-state index in [2.05, 4.69) is 24.4 Å². The number of unbranched alkanes of at least 4 members (excludes halogenated alkanes) is 5. The highest BCUT2D eigenvalue weighted by atomic mass is 32.2. The lowest BCUT2D eigenvalue weighted by Gasteiger charge is -1.99. The molecule has 1 heterocycles. The number of thiophene rings is 1. The van der Waals surface area contributed by atoms with Crippen molar-refractivity contribution in [2.75, 3.05) is 5.75 Å². The lowest BCUT2D eigenvalue weighted by Crippen LogP contribution is -1.81. The molecule has 80 valence electrons. The molecule has 0 unspecified atom stereocenters. The van der Waals surface area contributed by atoms with Gasteiger partial charge in [-0.15, -0.1) is 23.1 Å². The van der Waals surface area contributed by atoms with Gasteiger partial charge in [0.2, 0.25) is 0 Å². The van der Waals surface area contributed by atoms with E-state index in [4.69, 9.17) is 0 Å². The largest absolute Gasteiger partial charge is 0.137 e. The third-order valence-electron chi connectivity index (χ3n) is 2.24. The zero-order chi connectivity index (χ0) is 10.1. The fourth-order valence-corrected chi connectivity index (χ4v) is 3.26. The van der Waals surface area contributed by atoms with Gasteiger partial charge in [-0.05, 0) is 23.6 Å². The summed E-state index contributed by atoms with van der Waals surface area (Å²) in [5.74, 6) is 1.30. The van der Waals surface area contributed by atoms with E-state index < -0.39 is 0 Å². The Balaban J connectivity index is 1.85. The van der Waals surface area contributed by atoms with Crippen LogP contribution in [0.4, 0.5) is 0 Å². The monoisotopic (exact) mass is 228 g/mol. The predicted octanol–water partition coefficient (Wildman–Crippen LogP) is 5.20. The summed E-state index contributed by atoms with van der Waals surface area (Å²) in [4.78, 5) is 0. The molecule has 0 radical (unpaired) electrons. The normalized spacial score (nSPS) is 10.6. The minimum Gasteiger partial charge on any atom is -0.137 e. The predicted molar refractivity (Wildman–Crippen MR) is 68.4 cm³/mol. The van der Waals surface area contributed by atoms with E-state index in [1.807, 2.05) is 23.1 Å². The Bertz CT molecular complexity index is 204. The minimum atomic E-state index is 1.30. The Morgan fingerprint density at radius 1 is 1.14 bits per heavy atom. The molecule has 0 N–H and O–H groups in total. The van der Waals surface area contributed by atoms with Gasteiger partial charge in [0.15, 0.2) is 0 Å². The Labute approximate surface area is 96.1 Å². The van der Waals surface area contributed by atoms with Crippen molar-refractivity contribution in [2.24, 2.45) is 0 Å². The summed E-state index contributed by atoms with van der Waals surface area (Å²) in [5.41, 5.74) is 0. The van der Waals surface area contributed by atoms with E-state index in [0.717, 1.165) is 0 Å². The summed E-state index contributed by atoms with van der Waals surface area (Å²) in [5, 5.41) is 2.16. The molecule has 0 aliphatic heterocycles. The molecule has 0 fully saturated rings. The van der Waals surface area contributed by atoms with Gasteiger partial charge in [-0.25, -0.2) is 0 Å². The average Bonchev–Trinajstić information content (AvgIpc) is 2.69. The Morgan fingerprint density at radius 2 is 1.93 bits per heavy atom. The van der Waals surface area contributed by atoms with Gasteiger partial charge in [-0.1, -0.05) is 45.1 Å². The van der Waals surface area contributed by atoms with Gasteiger partial charge >= 0.3 is 0 Å². The van der Waals surface area contributed by atoms with E-state index in [-0.39, 0.29) is 0 Å². The molecule has 0 aromatic carbocycles. The van der Waals surface area contributed by atoms with E-state index in [1.54, 1.807) is 0 Å². The molecule has 0 saturated heterocycles. The summed E-state index contributed by atoms with van der Waals surface area (Å²) >= 11 is 3.87. The molecule has 0 amide bonds. The van der Waals surface area contributed by atoms with Crippen molar-refractivity contribution in [3.05, 3.63) is 17.5 Å². The van der Waals surface area contributed by atoms with E-state index in [0.29, 0.717) is 0 Å². The third kappa shape index (κ3) is 5.71. The van der Waals surface area contributed by atoms with Crippen molar-refractivity contribution in [1.29, 1.82) is 0 Å². The third-order valence-corrected chi connectivity index (χ3v) is 4.45. The Hall–Kier alpha value is 0.0500. The first kappa shape index (κ1) is 12.1. The summed E-state index contributed by atoms with van der Waals surface area (Å²) < 4.78 is 1.47. The quantitative estimate of drug-likeness (QED) is 0.435. The molecule has 1 aromatic rings. The molecule has 0 saturated carbocycles. The first-order chi connectivity index (χ1) is 6.93. The summed E-state index contributed by atoms with van der Waals surface area (Å²) in [6.07, 6.45) is 8.42. The number of rotatable bonds is 8. The molecule has 2 heteroatoms. The van der Waals surface area contributed by atoms with Crippen LogP contribution in [0, 0.1) is 0 Å². The SMILES string of the molecule is CCCCCCCCSc1cccs1. The van der Waals surface area contributed by atoms with Crippen molar-refractivity contribution in [3.63, 3.8) is 0 Å². The van der Waals surface area contributed by atoms with Gasteiger partial charge in [-0.3, -0.25) is 0 Å². The maximum Gasteiger partial charge on any atom is 0.0598 e. The topological polar surface area (TPSA) is 0 Å². The molecule has 0 atom stereocenters. The second-order valence-corrected chi connectivity index (χ2v) is 5.89. The number of hydrogen-bond acceptors (Lipinski definition) is 2. The Morgan fingerprint density at radius 3 is 2.64 bits per heavy atom. The summed E-state index contributed by atoms with van der Waals surface area (Å²) in [7, 11) is 0. The van der Waals surface area contributed by atoms with Crippen molar-refractivity contribution in [3.8, 4) is 0 Å². The van der Waals surface area contributed by atoms with Crippen LogP contribution in [0.5, 0.6) is 0 Å². The van der Waals surface area contributed by atoms with Crippen LogP contribution in [0.25, 0.3) is 0 Å². The van der Waals surface area contributed by atoms with Crippen LogP contribution in [-0.2, 0) is 0 Å². The molecule has 0 aliphatic carbocycles. The van der Waals surface area contributed by atoms with Crippen LogP contribution in [0.3, 0.4) is 0 Å². The van der Waals surface area contributed by atoms with E-state index in [1.165, 1.54) is 48.5 Å². The molecule has 14 heavy (non-hydrogen) atoms. The highest BCUT2D eigenvalue weighted by Crippen LogP contribution is 2.24. The van der Waals surface area contributed by atoms with Crippen LogP contribution in [0.15, 0.2) is 21.7 Å². The van der Waals surface area contributed by atoms with E-state index in [9.17, 15) is 0 Å². The van der Waals surface area contributed by atoms with Gasteiger partial charge in [0.1, 0.15) is 0 Å². The van der Waals surface area contributed by atoms with Crippen molar-refractivity contribution >= 4 is 23.1 Å². The minimum absolute atomic E-state index is 1.30. The summed E-state index contributed by atoms with van der Waals surface area (Å²) in [6, 6.07) is 4.35. The maximum absolute atomic E-state index is 2.27. The van der Waals surface area contributed by atoms with Crippen molar-refractivity contribution in [2.45, 2.75) is 49.7 Å². The molecule has 0 nitrogen and oxygen atoms in total. The first-order valence-corrected chi connectivity index (χ1v) is 7.46. The van der Waals surface area contributed by atoms with Crippen LogP contribution in [0.1, 0.15) is 45.4 Å². The standard InChI is InChI=1S/C12H20S2/c1-2-3-4-5-6-7-10-13-12-9-8-11-14-12/h8-9,11H,2-7,10H2,1H3. The summed E-state index contributed by atoms with van der Waals surface area (Å²) in [6.45, 7) is 2.27. The highest BCUT2D eigenvalue weighted by Gasteiger charge is 1.94. The molecule has 0 spiro atoms. The Kier molecular flexibility index (Phi) is 7.24. The van der Waals surface area contributed by atoms with Gasteiger partial charge in [-0.2, -0.15) is 0 Å². The van der Waals surface area contributed by atoms with Gasteiger partial charge in [0.25, 0.3) is 0 Å². The zero-order valence-electron chi connectivity index (χ0n) is 9.00. The molecular formula is C12H20S2. The second kappa shape index (κ2) is 8.37. The lowest BCUT2D eigenvalue weighted by atomic mass is 10.1. The average molecular weight is 228 g/mol. The fourth-order valence-electron chi connectivity index (χ4n) is 1.40.